The smallest absolute Gasteiger partial charge is 0.315 e. The molecular formula is C21H28N6O. The van der Waals surface area contributed by atoms with E-state index in [1.165, 1.54) is 45.3 Å². The predicted molar refractivity (Wildman–Crippen MR) is 110 cm³/mol. The Bertz CT molecular complexity index is 880. The second-order valence-corrected chi connectivity index (χ2v) is 7.40. The Morgan fingerprint density at radius 1 is 1.04 bits per heavy atom. The van der Waals surface area contributed by atoms with Crippen molar-refractivity contribution >= 4 is 6.01 Å². The summed E-state index contributed by atoms with van der Waals surface area (Å²) < 4.78 is 7.65. The number of benzene rings is 1. The Morgan fingerprint density at radius 2 is 1.86 bits per heavy atom. The number of aryl methyl sites for hydroxylation is 1. The largest absolute Gasteiger partial charge is 0.403 e. The molecule has 3 aromatic rings. The fourth-order valence-corrected chi connectivity index (χ4v) is 3.72. The van der Waals surface area contributed by atoms with Crippen molar-refractivity contribution in [3.05, 3.63) is 36.7 Å². The molecule has 0 aliphatic carbocycles. The molecule has 0 saturated carbocycles. The third kappa shape index (κ3) is 4.59. The number of anilines is 1. The molecule has 28 heavy (non-hydrogen) atoms. The van der Waals surface area contributed by atoms with Gasteiger partial charge in [0.05, 0.1) is 6.20 Å². The molecular weight excluding hydrogens is 352 g/mol. The molecule has 148 valence electrons. The quantitative estimate of drug-likeness (QED) is 0.599. The van der Waals surface area contributed by atoms with Gasteiger partial charge in [-0.2, -0.15) is 5.10 Å². The highest BCUT2D eigenvalue weighted by Crippen LogP contribution is 2.31. The van der Waals surface area contributed by atoms with Crippen molar-refractivity contribution in [2.75, 3.05) is 31.5 Å². The number of rotatable bonds is 8. The van der Waals surface area contributed by atoms with Gasteiger partial charge in [0, 0.05) is 30.9 Å². The fraction of sp³-hybridized carbons (Fsp3) is 0.476. The van der Waals surface area contributed by atoms with Crippen LogP contribution in [0, 0.1) is 0 Å². The van der Waals surface area contributed by atoms with Crippen molar-refractivity contribution in [2.45, 2.75) is 32.1 Å². The van der Waals surface area contributed by atoms with Crippen molar-refractivity contribution in [2.24, 2.45) is 7.05 Å². The second-order valence-electron chi connectivity index (χ2n) is 7.40. The Labute approximate surface area is 165 Å². The average molecular weight is 380 g/mol. The Kier molecular flexibility index (Phi) is 6.01. The normalized spacial score (nSPS) is 15.0. The highest BCUT2D eigenvalue weighted by atomic mass is 16.4. The van der Waals surface area contributed by atoms with E-state index in [-0.39, 0.29) is 0 Å². The van der Waals surface area contributed by atoms with E-state index in [1.807, 2.05) is 43.7 Å². The predicted octanol–water partition coefficient (Wildman–Crippen LogP) is 3.82. The van der Waals surface area contributed by atoms with Crippen LogP contribution in [0.2, 0.25) is 0 Å². The van der Waals surface area contributed by atoms with Gasteiger partial charge in [0.2, 0.25) is 5.89 Å². The molecule has 0 spiro atoms. The molecule has 7 nitrogen and oxygen atoms in total. The summed E-state index contributed by atoms with van der Waals surface area (Å²) in [5.74, 6) is 0.523. The summed E-state index contributed by atoms with van der Waals surface area (Å²) in [6, 6.07) is 8.51. The van der Waals surface area contributed by atoms with Crippen LogP contribution in [0.5, 0.6) is 0 Å². The summed E-state index contributed by atoms with van der Waals surface area (Å²) in [5.41, 5.74) is 2.98. The van der Waals surface area contributed by atoms with E-state index < -0.39 is 0 Å². The topological polar surface area (TPSA) is 72.0 Å². The zero-order valence-corrected chi connectivity index (χ0v) is 16.5. The van der Waals surface area contributed by atoms with Crippen LogP contribution < -0.4 is 5.32 Å². The summed E-state index contributed by atoms with van der Waals surface area (Å²) in [5, 5.41) is 15.9. The molecule has 0 amide bonds. The van der Waals surface area contributed by atoms with E-state index in [0.29, 0.717) is 11.9 Å². The molecule has 3 heterocycles. The summed E-state index contributed by atoms with van der Waals surface area (Å²) >= 11 is 0. The van der Waals surface area contributed by atoms with Crippen LogP contribution in [0.3, 0.4) is 0 Å². The van der Waals surface area contributed by atoms with Gasteiger partial charge in [0.15, 0.2) is 0 Å². The van der Waals surface area contributed by atoms with E-state index in [4.69, 9.17) is 4.42 Å². The monoisotopic (exact) mass is 380 g/mol. The first kappa shape index (κ1) is 18.7. The number of likely N-dealkylation sites (tertiary alicyclic amines) is 1. The van der Waals surface area contributed by atoms with Crippen molar-refractivity contribution < 1.29 is 4.42 Å². The number of hydrogen-bond donors (Lipinski definition) is 1. The van der Waals surface area contributed by atoms with Gasteiger partial charge >= 0.3 is 6.01 Å². The highest BCUT2D eigenvalue weighted by molar-refractivity contribution is 5.79. The van der Waals surface area contributed by atoms with Crippen molar-refractivity contribution in [3.8, 4) is 22.6 Å². The number of aromatic nitrogens is 4. The minimum absolute atomic E-state index is 0.481. The van der Waals surface area contributed by atoms with Crippen LogP contribution in [0.4, 0.5) is 6.01 Å². The molecule has 7 heteroatoms. The number of nitrogens with one attached hydrogen (secondary N) is 1. The van der Waals surface area contributed by atoms with Crippen LogP contribution in [0.1, 0.15) is 32.1 Å². The van der Waals surface area contributed by atoms with E-state index >= 15 is 0 Å². The highest BCUT2D eigenvalue weighted by Gasteiger charge is 2.14. The standard InChI is InChI=1S/C21H28N6O/c1-26-16-17(15-23-26)18-9-3-4-10-19(18)20-24-25-21(28-20)22-11-5-8-14-27-12-6-2-7-13-27/h3-4,9-10,15-16H,2,5-8,11-14H2,1H3,(H,22,25). The van der Waals surface area contributed by atoms with E-state index in [2.05, 4.69) is 25.5 Å². The first-order valence-corrected chi connectivity index (χ1v) is 10.2. The lowest BCUT2D eigenvalue weighted by Crippen LogP contribution is -2.30. The summed E-state index contributed by atoms with van der Waals surface area (Å²) in [6.07, 6.45) is 10.2. The van der Waals surface area contributed by atoms with Gasteiger partial charge in [-0.25, -0.2) is 0 Å². The lowest BCUT2D eigenvalue weighted by atomic mass is 10.0. The van der Waals surface area contributed by atoms with Gasteiger partial charge in [-0.05, 0) is 56.9 Å². The first-order chi connectivity index (χ1) is 13.8. The maximum atomic E-state index is 5.86. The zero-order chi connectivity index (χ0) is 19.2. The van der Waals surface area contributed by atoms with Gasteiger partial charge in [-0.15, -0.1) is 5.10 Å². The van der Waals surface area contributed by atoms with Crippen LogP contribution in [0.25, 0.3) is 22.6 Å². The van der Waals surface area contributed by atoms with E-state index in [1.54, 1.807) is 4.68 Å². The van der Waals surface area contributed by atoms with Crippen molar-refractivity contribution in [3.63, 3.8) is 0 Å². The van der Waals surface area contributed by atoms with E-state index in [0.717, 1.165) is 29.7 Å². The molecule has 0 unspecified atom stereocenters. The average Bonchev–Trinajstić information content (AvgIpc) is 3.38. The van der Waals surface area contributed by atoms with Gasteiger partial charge in [0.25, 0.3) is 0 Å². The fourth-order valence-electron chi connectivity index (χ4n) is 3.72. The molecule has 1 fully saturated rings. The van der Waals surface area contributed by atoms with Crippen LogP contribution in [-0.2, 0) is 7.05 Å². The lowest BCUT2D eigenvalue weighted by molar-refractivity contribution is 0.225. The molecule has 2 aromatic heterocycles. The summed E-state index contributed by atoms with van der Waals surface area (Å²) in [4.78, 5) is 2.57. The van der Waals surface area contributed by atoms with E-state index in [9.17, 15) is 0 Å². The Balaban J connectivity index is 1.32. The van der Waals surface area contributed by atoms with Crippen LogP contribution in [0.15, 0.2) is 41.1 Å². The third-order valence-corrected chi connectivity index (χ3v) is 5.22. The van der Waals surface area contributed by atoms with Crippen LogP contribution >= 0.6 is 0 Å². The number of hydrogen-bond acceptors (Lipinski definition) is 6. The number of unbranched alkanes of at least 4 members (excludes halogenated alkanes) is 1. The number of piperidine rings is 1. The molecule has 1 aliphatic rings. The van der Waals surface area contributed by atoms with Gasteiger partial charge in [-0.3, -0.25) is 4.68 Å². The second kappa shape index (κ2) is 9.01. The molecule has 1 N–H and O–H groups in total. The molecule has 1 aromatic carbocycles. The van der Waals surface area contributed by atoms with Gasteiger partial charge in [0.1, 0.15) is 0 Å². The zero-order valence-electron chi connectivity index (χ0n) is 16.5. The molecule has 0 bridgehead atoms. The maximum absolute atomic E-state index is 5.86. The lowest BCUT2D eigenvalue weighted by Gasteiger charge is -2.26. The Morgan fingerprint density at radius 3 is 2.64 bits per heavy atom. The summed E-state index contributed by atoms with van der Waals surface area (Å²) in [7, 11) is 1.91. The Hall–Kier alpha value is -2.67. The minimum Gasteiger partial charge on any atom is -0.403 e. The van der Waals surface area contributed by atoms with Gasteiger partial charge in [-0.1, -0.05) is 29.7 Å². The minimum atomic E-state index is 0.481. The van der Waals surface area contributed by atoms with Gasteiger partial charge < -0.3 is 14.6 Å². The van der Waals surface area contributed by atoms with Crippen LogP contribution in [-0.4, -0.2) is 51.1 Å². The summed E-state index contributed by atoms with van der Waals surface area (Å²) in [6.45, 7) is 4.56. The molecule has 0 atom stereocenters. The first-order valence-electron chi connectivity index (χ1n) is 10.2. The SMILES string of the molecule is Cn1cc(-c2ccccc2-c2nnc(NCCCCN3CCCCC3)o2)cn1. The molecule has 0 radical (unpaired) electrons. The molecule has 1 saturated heterocycles. The maximum Gasteiger partial charge on any atom is 0.315 e. The number of nitrogens with zero attached hydrogens (tertiary/aromatic N) is 5. The third-order valence-electron chi connectivity index (χ3n) is 5.22. The molecule has 1 aliphatic heterocycles. The molecule has 4 rings (SSSR count). The van der Waals surface area contributed by atoms with Crippen molar-refractivity contribution in [1.82, 2.24) is 24.9 Å². The van der Waals surface area contributed by atoms with Crippen molar-refractivity contribution in [1.29, 1.82) is 0 Å².